The van der Waals surface area contributed by atoms with Crippen molar-refractivity contribution in [1.29, 1.82) is 5.26 Å². The number of nitrogens with zero attached hydrogens (tertiary/aromatic N) is 4. The predicted molar refractivity (Wildman–Crippen MR) is 295 cm³/mol. The summed E-state index contributed by atoms with van der Waals surface area (Å²) >= 11 is 3.59. The molecule has 0 atom stereocenters. The van der Waals surface area contributed by atoms with Gasteiger partial charge in [-0.05, 0) is 53.9 Å². The number of nitriles is 1. The van der Waals surface area contributed by atoms with E-state index in [1.807, 2.05) is 48.5 Å². The van der Waals surface area contributed by atoms with Gasteiger partial charge >= 0.3 is 0 Å². The number of aryl methyl sites for hydroxylation is 1. The second-order valence-corrected chi connectivity index (χ2v) is 20.2. The van der Waals surface area contributed by atoms with Crippen molar-refractivity contribution >= 4 is 134 Å². The molecule has 0 aliphatic carbocycles. The number of hydrogen-bond donors (Lipinski definition) is 0. The fourth-order valence-electron chi connectivity index (χ4n) is 11.6. The first kappa shape index (κ1) is 39.1. The average Bonchev–Trinajstić information content (AvgIpc) is 4.23. The van der Waals surface area contributed by atoms with Gasteiger partial charge in [0.2, 0.25) is 5.69 Å². The van der Waals surface area contributed by atoms with Gasteiger partial charge in [-0.2, -0.15) is 5.26 Å². The van der Waals surface area contributed by atoms with E-state index in [4.69, 9.17) is 4.42 Å². The topological polar surface area (TPSA) is 51.1 Å². The van der Waals surface area contributed by atoms with Crippen LogP contribution in [-0.4, -0.2) is 9.13 Å². The Morgan fingerprint density at radius 1 is 0.486 bits per heavy atom. The Kier molecular flexibility index (Phi) is 8.10. The van der Waals surface area contributed by atoms with Crippen molar-refractivity contribution in [3.8, 4) is 39.7 Å². The number of para-hydroxylation sites is 1. The van der Waals surface area contributed by atoms with Crippen molar-refractivity contribution in [3.05, 3.63) is 211 Å². The monoisotopic (exact) mass is 926 g/mol. The lowest BCUT2D eigenvalue weighted by molar-refractivity contribution is 0.671. The van der Waals surface area contributed by atoms with E-state index in [0.717, 1.165) is 114 Å². The predicted octanol–water partition coefficient (Wildman–Crippen LogP) is 18.6. The first-order valence-electron chi connectivity index (χ1n) is 23.3. The number of thiophene rings is 2. The molecule has 0 spiro atoms. The van der Waals surface area contributed by atoms with Crippen LogP contribution in [0.4, 0.5) is 5.69 Å². The lowest BCUT2D eigenvalue weighted by Crippen LogP contribution is -2.09. The third-order valence-electron chi connectivity index (χ3n) is 14.5. The molecule has 5 aromatic heterocycles. The summed E-state index contributed by atoms with van der Waals surface area (Å²) in [4.78, 5) is 4.65. The zero-order valence-corrected chi connectivity index (χ0v) is 39.0. The minimum Gasteiger partial charge on any atom is -0.454 e. The third-order valence-corrected chi connectivity index (χ3v) is 16.9. The van der Waals surface area contributed by atoms with Crippen molar-refractivity contribution in [2.45, 2.75) is 6.92 Å². The number of fused-ring (bicyclic) bond motifs is 18. The van der Waals surface area contributed by atoms with Crippen LogP contribution in [0.1, 0.15) is 11.1 Å². The molecule has 0 aliphatic heterocycles. The van der Waals surface area contributed by atoms with E-state index in [1.165, 1.54) is 20.2 Å². The lowest BCUT2D eigenvalue weighted by Gasteiger charge is -2.26. The molecule has 324 valence electrons. The fourth-order valence-corrected chi connectivity index (χ4v) is 14.1. The van der Waals surface area contributed by atoms with Crippen LogP contribution >= 0.6 is 22.7 Å². The summed E-state index contributed by atoms with van der Waals surface area (Å²) in [5.41, 5.74) is 11.8. The summed E-state index contributed by atoms with van der Waals surface area (Å²) in [5, 5.41) is 23.1. The molecule has 5 heterocycles. The maximum atomic E-state index is 12.1. The van der Waals surface area contributed by atoms with Crippen LogP contribution in [0.2, 0.25) is 0 Å². The Labute approximate surface area is 407 Å². The minimum absolute atomic E-state index is 0.408. The number of aromatic nitrogens is 2. The van der Waals surface area contributed by atoms with E-state index in [0.29, 0.717) is 22.5 Å². The average molecular weight is 927 g/mol. The van der Waals surface area contributed by atoms with E-state index >= 15 is 0 Å². The minimum atomic E-state index is 0.408. The quantitative estimate of drug-likeness (QED) is 0.165. The van der Waals surface area contributed by atoms with E-state index in [9.17, 15) is 11.8 Å². The third kappa shape index (κ3) is 5.12. The molecule has 15 aromatic rings. The van der Waals surface area contributed by atoms with Crippen molar-refractivity contribution < 1.29 is 4.42 Å². The second-order valence-electron chi connectivity index (χ2n) is 18.1. The normalized spacial score (nSPS) is 12.0. The van der Waals surface area contributed by atoms with Gasteiger partial charge in [0.1, 0.15) is 11.7 Å². The second kappa shape index (κ2) is 14.5. The zero-order chi connectivity index (χ0) is 46.4. The molecule has 0 amide bonds. The fraction of sp³-hybridized carbons (Fsp3) is 0.0159. The molecule has 0 aliphatic rings. The van der Waals surface area contributed by atoms with Crippen LogP contribution < -0.4 is 0 Å². The van der Waals surface area contributed by atoms with Gasteiger partial charge in [0.05, 0.1) is 55.0 Å². The highest BCUT2D eigenvalue weighted by atomic mass is 32.1. The van der Waals surface area contributed by atoms with Crippen molar-refractivity contribution in [2.24, 2.45) is 0 Å². The van der Waals surface area contributed by atoms with Gasteiger partial charge in [-0.25, -0.2) is 4.85 Å². The summed E-state index contributed by atoms with van der Waals surface area (Å²) in [6.45, 7) is 11.6. The van der Waals surface area contributed by atoms with Gasteiger partial charge in [-0.3, -0.25) is 0 Å². The Balaban J connectivity index is 1.27. The summed E-state index contributed by atoms with van der Waals surface area (Å²) < 4.78 is 16.4. The van der Waals surface area contributed by atoms with Crippen LogP contribution in [0.3, 0.4) is 0 Å². The van der Waals surface area contributed by atoms with Crippen LogP contribution in [0.25, 0.3) is 144 Å². The first-order chi connectivity index (χ1) is 34.6. The SMILES string of the molecule is [C-]#[N+]c1c(-c2ccccc2)c(C#N)c(-n2c3ccccc3c3ccc4c(oc5cccc(C)c54)c32)c(-c2ccccc2)c1-n1c2c(ccc3c4ccccc4sc32)c2ccc3c4ccccc4sc3c21. The molecule has 5 nitrogen and oxygen atoms in total. The van der Waals surface area contributed by atoms with E-state index < -0.39 is 0 Å². The molecule has 15 rings (SSSR count). The molecule has 70 heavy (non-hydrogen) atoms. The van der Waals surface area contributed by atoms with Crippen molar-refractivity contribution in [2.75, 3.05) is 0 Å². The lowest BCUT2D eigenvalue weighted by atomic mass is 9.88. The molecule has 7 heteroatoms. The Hall–Kier alpha value is -8.98. The number of hydrogen-bond acceptors (Lipinski definition) is 4. The first-order valence-corrected chi connectivity index (χ1v) is 24.9. The summed E-state index contributed by atoms with van der Waals surface area (Å²) in [6.07, 6.45) is 0. The highest BCUT2D eigenvalue weighted by Gasteiger charge is 2.33. The number of rotatable bonds is 4. The van der Waals surface area contributed by atoms with Crippen molar-refractivity contribution in [1.82, 2.24) is 9.13 Å². The van der Waals surface area contributed by atoms with E-state index in [1.54, 1.807) is 22.7 Å². The number of benzene rings is 10. The molecule has 10 aromatic carbocycles. The van der Waals surface area contributed by atoms with E-state index in [-0.39, 0.29) is 0 Å². The van der Waals surface area contributed by atoms with Crippen LogP contribution in [0.5, 0.6) is 0 Å². The van der Waals surface area contributed by atoms with Gasteiger partial charge in [-0.15, -0.1) is 22.7 Å². The standard InChI is InChI=1S/C63H34N4OS2/c1-35-16-15-25-49-52(35)46-33-30-41-38-21-9-12-24-48(38)66(57(41)61(46)68-49)56-47(34-64)53(36-17-5-3-6-18-36)55(65-2)60(54(56)37-19-7-4-8-20-37)67-58-42(28-31-44-39-22-10-13-26-50(39)69-62(44)58)43-29-32-45-40-23-11-14-27-51(40)70-63(45)59(43)67/h3-33H,1H3. The smallest absolute Gasteiger partial charge is 0.220 e. The Morgan fingerprint density at radius 3 is 1.63 bits per heavy atom. The molecule has 0 fully saturated rings. The number of furan rings is 1. The largest absolute Gasteiger partial charge is 0.454 e. The zero-order valence-electron chi connectivity index (χ0n) is 37.4. The van der Waals surface area contributed by atoms with Gasteiger partial charge in [0.15, 0.2) is 5.58 Å². The Morgan fingerprint density at radius 2 is 1.01 bits per heavy atom. The molecule has 0 unspecified atom stereocenters. The molecule has 0 saturated carbocycles. The maximum Gasteiger partial charge on any atom is 0.220 e. The van der Waals surface area contributed by atoms with Gasteiger partial charge in [-0.1, -0.05) is 158 Å². The summed E-state index contributed by atoms with van der Waals surface area (Å²) in [6, 6.07) is 68.8. The molecule has 0 radical (unpaired) electrons. The molecular formula is C63H34N4OS2. The molecule has 0 saturated heterocycles. The van der Waals surface area contributed by atoms with Crippen LogP contribution in [0, 0.1) is 24.8 Å². The summed E-state index contributed by atoms with van der Waals surface area (Å²) in [7, 11) is 0. The van der Waals surface area contributed by atoms with Gasteiger partial charge in [0, 0.05) is 74.4 Å². The molecule has 0 N–H and O–H groups in total. The van der Waals surface area contributed by atoms with Gasteiger partial charge < -0.3 is 13.6 Å². The van der Waals surface area contributed by atoms with E-state index in [2.05, 4.69) is 166 Å². The van der Waals surface area contributed by atoms with Crippen molar-refractivity contribution in [3.63, 3.8) is 0 Å². The Bertz CT molecular complexity index is 4730. The highest BCUT2D eigenvalue weighted by molar-refractivity contribution is 7.27. The summed E-state index contributed by atoms with van der Waals surface area (Å²) in [5.74, 6) is 0. The molecular weight excluding hydrogens is 893 g/mol. The maximum absolute atomic E-state index is 12.1. The van der Waals surface area contributed by atoms with Crippen LogP contribution in [-0.2, 0) is 0 Å². The molecule has 0 bridgehead atoms. The highest BCUT2D eigenvalue weighted by Crippen LogP contribution is 2.55. The van der Waals surface area contributed by atoms with Crippen LogP contribution in [0.15, 0.2) is 192 Å². The van der Waals surface area contributed by atoms with Gasteiger partial charge in [0.25, 0.3) is 0 Å².